The second-order valence-corrected chi connectivity index (χ2v) is 5.86. The zero-order valence-electron chi connectivity index (χ0n) is 9.14. The quantitative estimate of drug-likeness (QED) is 0.463. The molecule has 0 heterocycles. The van der Waals surface area contributed by atoms with Crippen LogP contribution < -0.4 is 9.44 Å². The van der Waals surface area contributed by atoms with Gasteiger partial charge in [0.15, 0.2) is 5.54 Å². The van der Waals surface area contributed by atoms with Crippen LogP contribution in [0.1, 0.15) is 19.3 Å². The second-order valence-electron chi connectivity index (χ2n) is 4.41. The molecular formula is C9H14N4O3S. The third-order valence-corrected chi connectivity index (χ3v) is 4.09. The van der Waals surface area contributed by atoms with Gasteiger partial charge in [-0.05, 0) is 19.3 Å². The smallest absolute Gasteiger partial charge is 0.271 e. The third-order valence-electron chi connectivity index (χ3n) is 2.99. The molecule has 0 aromatic carbocycles. The molecule has 1 amide bonds. The highest BCUT2D eigenvalue weighted by Crippen LogP contribution is 2.48. The SMILES string of the molecule is C=C[C@@H]1C[C@]1(N=N)C(=O)NS(=O)(=O)NC1CC1. The van der Waals surface area contributed by atoms with E-state index in [9.17, 15) is 13.2 Å². The van der Waals surface area contributed by atoms with Crippen LogP contribution in [-0.2, 0) is 15.0 Å². The van der Waals surface area contributed by atoms with Gasteiger partial charge in [0.2, 0.25) is 0 Å². The molecule has 17 heavy (non-hydrogen) atoms. The van der Waals surface area contributed by atoms with Gasteiger partial charge in [-0.2, -0.15) is 18.3 Å². The summed E-state index contributed by atoms with van der Waals surface area (Å²) in [6.45, 7) is 3.51. The number of carbonyl (C=O) groups excluding carboxylic acids is 1. The molecule has 0 unspecified atom stereocenters. The zero-order valence-corrected chi connectivity index (χ0v) is 9.96. The average molecular weight is 258 g/mol. The minimum absolute atomic E-state index is 0.0707. The lowest BCUT2D eigenvalue weighted by Gasteiger charge is -2.11. The topological polar surface area (TPSA) is 111 Å². The molecular weight excluding hydrogens is 244 g/mol. The van der Waals surface area contributed by atoms with Crippen LogP contribution in [0.2, 0.25) is 0 Å². The highest BCUT2D eigenvalue weighted by Gasteiger charge is 2.60. The predicted molar refractivity (Wildman–Crippen MR) is 59.4 cm³/mol. The predicted octanol–water partition coefficient (Wildman–Crippen LogP) is 0.0751. The van der Waals surface area contributed by atoms with Gasteiger partial charge in [0.05, 0.1) is 0 Å². The first-order valence-electron chi connectivity index (χ1n) is 5.29. The van der Waals surface area contributed by atoms with E-state index < -0.39 is 21.7 Å². The number of hydrogen-bond acceptors (Lipinski definition) is 5. The van der Waals surface area contributed by atoms with Gasteiger partial charge in [0, 0.05) is 12.0 Å². The molecule has 2 saturated carbocycles. The molecule has 0 aromatic heterocycles. The van der Waals surface area contributed by atoms with Crippen LogP contribution in [0.5, 0.6) is 0 Å². The highest BCUT2D eigenvalue weighted by atomic mass is 32.2. The van der Waals surface area contributed by atoms with E-state index in [1.165, 1.54) is 6.08 Å². The first-order chi connectivity index (χ1) is 7.93. The lowest BCUT2D eigenvalue weighted by Crippen LogP contribution is -2.46. The van der Waals surface area contributed by atoms with E-state index in [4.69, 9.17) is 5.53 Å². The summed E-state index contributed by atoms with van der Waals surface area (Å²) in [4.78, 5) is 11.8. The van der Waals surface area contributed by atoms with Gasteiger partial charge in [-0.15, -0.1) is 6.58 Å². The molecule has 0 aliphatic heterocycles. The molecule has 0 spiro atoms. The first kappa shape index (κ1) is 12.2. The molecule has 94 valence electrons. The van der Waals surface area contributed by atoms with Crippen molar-refractivity contribution in [3.05, 3.63) is 12.7 Å². The monoisotopic (exact) mass is 258 g/mol. The molecule has 0 bridgehead atoms. The van der Waals surface area contributed by atoms with Gasteiger partial charge in [0.25, 0.3) is 5.91 Å². The molecule has 3 N–H and O–H groups in total. The zero-order chi connectivity index (χ0) is 12.7. The van der Waals surface area contributed by atoms with Crippen molar-refractivity contribution >= 4 is 16.1 Å². The third kappa shape index (κ3) is 2.37. The van der Waals surface area contributed by atoms with Crippen molar-refractivity contribution in [2.75, 3.05) is 0 Å². The van der Waals surface area contributed by atoms with Gasteiger partial charge >= 0.3 is 10.2 Å². The minimum atomic E-state index is -3.83. The fourth-order valence-corrected chi connectivity index (χ4v) is 2.81. The van der Waals surface area contributed by atoms with Crippen LogP contribution in [-0.4, -0.2) is 25.9 Å². The molecule has 0 radical (unpaired) electrons. The van der Waals surface area contributed by atoms with Crippen LogP contribution in [0.15, 0.2) is 17.8 Å². The first-order valence-corrected chi connectivity index (χ1v) is 6.77. The van der Waals surface area contributed by atoms with E-state index >= 15 is 0 Å². The normalized spacial score (nSPS) is 31.6. The molecule has 8 heteroatoms. The summed E-state index contributed by atoms with van der Waals surface area (Å²) in [5, 5.41) is 3.24. The Balaban J connectivity index is 2.01. The van der Waals surface area contributed by atoms with Crippen molar-refractivity contribution < 1.29 is 13.2 Å². The molecule has 7 nitrogen and oxygen atoms in total. The summed E-state index contributed by atoms with van der Waals surface area (Å²) in [7, 11) is -3.83. The van der Waals surface area contributed by atoms with Crippen molar-refractivity contribution in [1.29, 1.82) is 5.53 Å². The van der Waals surface area contributed by atoms with Crippen molar-refractivity contribution in [1.82, 2.24) is 9.44 Å². The van der Waals surface area contributed by atoms with Gasteiger partial charge in [0.1, 0.15) is 0 Å². The Kier molecular flexibility index (Phi) is 2.78. The van der Waals surface area contributed by atoms with E-state index in [0.717, 1.165) is 12.8 Å². The maximum Gasteiger partial charge on any atom is 0.301 e. The van der Waals surface area contributed by atoms with Gasteiger partial charge in [-0.3, -0.25) is 4.79 Å². The van der Waals surface area contributed by atoms with Crippen LogP contribution in [0.3, 0.4) is 0 Å². The number of carbonyl (C=O) groups is 1. The lowest BCUT2D eigenvalue weighted by atomic mass is 10.2. The molecule has 0 aromatic rings. The minimum Gasteiger partial charge on any atom is -0.271 e. The van der Waals surface area contributed by atoms with Crippen molar-refractivity contribution in [3.8, 4) is 0 Å². The number of amides is 1. The van der Waals surface area contributed by atoms with Crippen LogP contribution in [0.4, 0.5) is 0 Å². The van der Waals surface area contributed by atoms with E-state index in [2.05, 4.69) is 16.4 Å². The maximum atomic E-state index is 11.8. The van der Waals surface area contributed by atoms with E-state index in [1.807, 2.05) is 4.72 Å². The fraction of sp³-hybridized carbons (Fsp3) is 0.667. The standard InChI is InChI=1S/C9H14N4O3S/c1-2-6-5-9(6,13-10)8(14)12-17(15,16)11-7-3-4-7/h2,6-7,10-11H,1,3-5H2,(H,12,14)/t6-,9-/m1/s1. The lowest BCUT2D eigenvalue weighted by molar-refractivity contribution is -0.121. The molecule has 0 saturated heterocycles. The number of nitrogens with zero attached hydrogens (tertiary/aromatic N) is 1. The maximum absolute atomic E-state index is 11.8. The van der Waals surface area contributed by atoms with E-state index in [1.54, 1.807) is 0 Å². The van der Waals surface area contributed by atoms with Crippen LogP contribution >= 0.6 is 0 Å². The largest absolute Gasteiger partial charge is 0.301 e. The summed E-state index contributed by atoms with van der Waals surface area (Å²) in [5.41, 5.74) is 5.73. The Bertz CT molecular complexity index is 471. The molecule has 2 aliphatic rings. The summed E-state index contributed by atoms with van der Waals surface area (Å²) in [6, 6.07) is -0.0707. The summed E-state index contributed by atoms with van der Waals surface area (Å²) < 4.78 is 27.2. The van der Waals surface area contributed by atoms with Gasteiger partial charge in [-0.25, -0.2) is 10.3 Å². The number of rotatable bonds is 6. The molecule has 2 aliphatic carbocycles. The van der Waals surface area contributed by atoms with Gasteiger partial charge < -0.3 is 0 Å². The Morgan fingerprint density at radius 1 is 1.53 bits per heavy atom. The van der Waals surface area contributed by atoms with Crippen molar-refractivity contribution in [3.63, 3.8) is 0 Å². The number of nitrogens with one attached hydrogen (secondary N) is 3. The summed E-state index contributed by atoms with van der Waals surface area (Å²) >= 11 is 0. The molecule has 2 rings (SSSR count). The Hall–Kier alpha value is -1.28. The van der Waals surface area contributed by atoms with E-state index in [0.29, 0.717) is 6.42 Å². The molecule has 2 atom stereocenters. The van der Waals surface area contributed by atoms with E-state index in [-0.39, 0.29) is 12.0 Å². The highest BCUT2D eigenvalue weighted by molar-refractivity contribution is 7.88. The van der Waals surface area contributed by atoms with Crippen LogP contribution in [0.25, 0.3) is 0 Å². The van der Waals surface area contributed by atoms with Gasteiger partial charge in [-0.1, -0.05) is 6.08 Å². The van der Waals surface area contributed by atoms with Crippen LogP contribution in [0, 0.1) is 11.4 Å². The molecule has 2 fully saturated rings. The Labute approximate surface area is 99.4 Å². The number of hydrogen-bond donors (Lipinski definition) is 3. The average Bonchev–Trinajstić information content (AvgIpc) is 3.09. The van der Waals surface area contributed by atoms with Crippen molar-refractivity contribution in [2.24, 2.45) is 11.0 Å². The summed E-state index contributed by atoms with van der Waals surface area (Å²) in [6.07, 6.45) is 3.43. The Morgan fingerprint density at radius 3 is 2.59 bits per heavy atom. The second kappa shape index (κ2) is 3.88. The summed E-state index contributed by atoms with van der Waals surface area (Å²) in [5.74, 6) is -1.01. The fourth-order valence-electron chi connectivity index (χ4n) is 1.66. The Morgan fingerprint density at radius 2 is 2.18 bits per heavy atom. The van der Waals surface area contributed by atoms with Crippen molar-refractivity contribution in [2.45, 2.75) is 30.8 Å².